The van der Waals surface area contributed by atoms with Gasteiger partial charge in [-0.1, -0.05) is 54.6 Å². The molecule has 9 heterocycles. The molecule has 6 aromatic heterocycles. The first kappa shape index (κ1) is 78.8. The summed E-state index contributed by atoms with van der Waals surface area (Å²) < 4.78 is 29.7. The van der Waals surface area contributed by atoms with E-state index >= 15 is 0 Å². The number of nitrogens with zero attached hydrogens (tertiary/aromatic N) is 17. The fraction of sp³-hybridized carbons (Fsp3) is 0.402. The molecule has 3 saturated carbocycles. The van der Waals surface area contributed by atoms with E-state index in [1.807, 2.05) is 189 Å². The topological polar surface area (TPSA) is 291 Å². The van der Waals surface area contributed by atoms with Crippen molar-refractivity contribution in [2.45, 2.75) is 140 Å². The summed E-state index contributed by atoms with van der Waals surface area (Å²) in [4.78, 5) is 51.3. The van der Waals surface area contributed by atoms with Crippen LogP contribution in [-0.4, -0.2) is 199 Å². The van der Waals surface area contributed by atoms with Gasteiger partial charge >= 0.3 is 6.09 Å². The minimum Gasteiger partial charge on any atom is -0.457 e. The van der Waals surface area contributed by atoms with Gasteiger partial charge in [0.2, 0.25) is 0 Å². The number of ether oxygens (including phenoxy) is 4. The van der Waals surface area contributed by atoms with Crippen molar-refractivity contribution in [3.8, 4) is 68.3 Å². The smallest absolute Gasteiger partial charge is 0.410 e. The Morgan fingerprint density at radius 3 is 0.956 bits per heavy atom. The molecule has 27 heteroatoms. The van der Waals surface area contributed by atoms with E-state index in [1.165, 1.54) is 58.2 Å². The van der Waals surface area contributed by atoms with Gasteiger partial charge in [-0.05, 0) is 214 Å². The molecule has 6 fully saturated rings. The first-order chi connectivity index (χ1) is 55.2. The summed E-state index contributed by atoms with van der Waals surface area (Å²) in [6, 6.07) is 55.9. The lowest BCUT2D eigenvalue weighted by Gasteiger charge is -2.42. The van der Waals surface area contributed by atoms with E-state index in [2.05, 4.69) is 75.9 Å². The quantitative estimate of drug-likeness (QED) is 0.0694. The van der Waals surface area contributed by atoms with E-state index in [0.717, 1.165) is 192 Å². The number of nitrogens with one attached hydrogen (secondary N) is 1. The molecule has 0 radical (unpaired) electrons. The summed E-state index contributed by atoms with van der Waals surface area (Å²) in [5.74, 6) is 6.09. The number of rotatable bonds is 15. The van der Waals surface area contributed by atoms with Crippen LogP contribution in [0.1, 0.15) is 116 Å². The Hall–Kier alpha value is -10.4. The Bertz CT molecular complexity index is 5120. The molecule has 1 amide bonds. The molecule has 6 aromatic carbocycles. The minimum absolute atomic E-state index is 0. The Balaban J connectivity index is 0.000000135. The van der Waals surface area contributed by atoms with E-state index < -0.39 is 5.60 Å². The monoisotopic (exact) mass is 1650 g/mol. The number of piperazine rings is 3. The number of anilines is 3. The van der Waals surface area contributed by atoms with Crippen LogP contribution in [0.15, 0.2) is 183 Å². The Morgan fingerprint density at radius 1 is 0.368 bits per heavy atom. The third-order valence-corrected chi connectivity index (χ3v) is 23.1. The molecule has 7 N–H and O–H groups in total. The third kappa shape index (κ3) is 18.4. The van der Waals surface area contributed by atoms with Crippen LogP contribution in [0, 0.1) is 0 Å². The molecule has 3 aliphatic heterocycles. The van der Waals surface area contributed by atoms with Crippen LogP contribution >= 0.6 is 24.0 Å². The highest BCUT2D eigenvalue weighted by Crippen LogP contribution is 2.43. The second-order valence-corrected chi connectivity index (χ2v) is 31.6. The highest BCUT2D eigenvalue weighted by atomic mass is 127. The molecule has 0 spiro atoms. The van der Waals surface area contributed by atoms with Gasteiger partial charge in [-0.15, -0.1) is 24.0 Å². The van der Waals surface area contributed by atoms with E-state index in [1.54, 1.807) is 12.7 Å². The van der Waals surface area contributed by atoms with E-state index in [0.29, 0.717) is 60.8 Å². The van der Waals surface area contributed by atoms with Crippen molar-refractivity contribution in [3.63, 3.8) is 0 Å². The van der Waals surface area contributed by atoms with Gasteiger partial charge in [0, 0.05) is 113 Å². The molecular formula is C87H104IN21O5. The average molecular weight is 1650 g/mol. The molecule has 594 valence electrons. The standard InChI is InChI=1S/C32H39N7O3.C28H33N7O.C27H31N7O.HI/c1-32(2,3)42-31(40)38-19-17-37(18-20-38)23-11-13-24(14-12-23)39-30-27(29(33)34-21-35-30)28(36-39)22-9-15-26(16-10-22)41-25-7-5-4-6-8-25;1-33-15-17-34(18-16-33)21-9-11-22(12-10-21)35-28-25(27(29)30-19-31-28)26(32-35)20-7-13-24(14-8-20)36-23-5-3-2-4-6-23;28-26-24-25(19-6-12-23(13-7-19)35-22-4-2-1-3-5-22)32-34(27(24)31-18-30-26)21-10-8-20(9-11-21)33-16-14-29-15-17-33;/h4-10,15-16,21,23-24H,11-14,17-20H2,1-3H3,(H2,33,34,35);2-8,13-14,19,21-22H,9-12,15-18H2,1H3,(H2,29,30,31);1-7,12-13,18,20-21,29H,8-11,14-17H2,(H2,28,30,31);1H. The van der Waals surface area contributed by atoms with Crippen LogP contribution < -0.4 is 36.7 Å². The third-order valence-electron chi connectivity index (χ3n) is 23.1. The Kier molecular flexibility index (Phi) is 24.9. The zero-order chi connectivity index (χ0) is 77.4. The summed E-state index contributed by atoms with van der Waals surface area (Å²) in [5.41, 5.74) is 26.4. The van der Waals surface area contributed by atoms with Crippen molar-refractivity contribution >= 4 is 80.6 Å². The highest BCUT2D eigenvalue weighted by molar-refractivity contribution is 14.0. The molecule has 3 aliphatic carbocycles. The molecule has 12 aromatic rings. The van der Waals surface area contributed by atoms with Gasteiger partial charge in [-0.3, -0.25) is 14.7 Å². The van der Waals surface area contributed by atoms with Crippen LogP contribution in [0.4, 0.5) is 22.2 Å². The second kappa shape index (κ2) is 35.9. The number of benzene rings is 6. The maximum Gasteiger partial charge on any atom is 0.410 e. The number of hydrogen-bond donors (Lipinski definition) is 4. The molecule has 0 atom stereocenters. The van der Waals surface area contributed by atoms with Crippen molar-refractivity contribution < 1.29 is 23.7 Å². The van der Waals surface area contributed by atoms with E-state index in [4.69, 9.17) is 51.4 Å². The number of nitrogens with two attached hydrogens (primary N) is 3. The van der Waals surface area contributed by atoms with Crippen LogP contribution in [0.25, 0.3) is 66.9 Å². The van der Waals surface area contributed by atoms with Gasteiger partial charge < -0.3 is 51.3 Å². The molecule has 6 aliphatic rings. The predicted molar refractivity (Wildman–Crippen MR) is 457 cm³/mol. The summed E-state index contributed by atoms with van der Waals surface area (Å²) in [5, 5.41) is 21.1. The summed E-state index contributed by atoms with van der Waals surface area (Å²) in [6.07, 6.45) is 17.7. The average Bonchev–Trinajstić information content (AvgIpc) is 1.62. The molecule has 26 nitrogen and oxygen atoms in total. The molecule has 0 bridgehead atoms. The number of carbonyl (C=O) groups excluding carboxylic acids is 1. The van der Waals surface area contributed by atoms with Gasteiger partial charge in [0.1, 0.15) is 93.6 Å². The first-order valence-electron chi connectivity index (χ1n) is 40.2. The zero-order valence-corrected chi connectivity index (χ0v) is 67.9. The number of fused-ring (bicyclic) bond motifs is 3. The number of halogens is 1. The van der Waals surface area contributed by atoms with Gasteiger partial charge in [-0.25, -0.2) is 48.7 Å². The SMILES string of the molecule is CC(C)(C)OC(=O)N1CCN(C2CCC(n3nc(-c4ccc(Oc5ccccc5)cc4)c4c(N)ncnc43)CC2)CC1.CN1CCN(C2CCC(n3nc(-c4ccc(Oc5ccccc5)cc4)c4c(N)ncnc43)CC2)CC1.I.Nc1ncnc2c1c(-c1ccc(Oc3ccccc3)cc1)nn2C1CCC(N2CCNCC2)CC1. The predicted octanol–water partition coefficient (Wildman–Crippen LogP) is 15.4. The molecule has 18 rings (SSSR count). The van der Waals surface area contributed by atoms with E-state index in [-0.39, 0.29) is 36.1 Å². The first-order valence-corrected chi connectivity index (χ1v) is 40.2. The summed E-state index contributed by atoms with van der Waals surface area (Å²) in [7, 11) is 2.21. The number of nitrogen functional groups attached to an aromatic ring is 3. The van der Waals surface area contributed by atoms with Gasteiger partial charge in [-0.2, -0.15) is 15.3 Å². The maximum absolute atomic E-state index is 12.5. The number of likely N-dealkylation sites (N-methyl/N-ethyl adjacent to an activating group) is 1. The van der Waals surface area contributed by atoms with Crippen LogP contribution in [-0.2, 0) is 4.74 Å². The zero-order valence-electron chi connectivity index (χ0n) is 65.5. The Labute approximate surface area is 682 Å². The summed E-state index contributed by atoms with van der Waals surface area (Å²) >= 11 is 0. The molecule has 3 saturated heterocycles. The number of carbonyl (C=O) groups is 1. The molecular weight excluding hydrogens is 1550 g/mol. The Morgan fingerprint density at radius 2 is 0.649 bits per heavy atom. The minimum atomic E-state index is -0.473. The lowest BCUT2D eigenvalue weighted by molar-refractivity contribution is 0.00725. The number of para-hydroxylation sites is 3. The van der Waals surface area contributed by atoms with E-state index in [9.17, 15) is 4.79 Å². The van der Waals surface area contributed by atoms with Crippen LogP contribution in [0.3, 0.4) is 0 Å². The summed E-state index contributed by atoms with van der Waals surface area (Å²) in [6.45, 7) is 18.0. The second-order valence-electron chi connectivity index (χ2n) is 31.6. The lowest BCUT2D eigenvalue weighted by atomic mass is 9.90. The fourth-order valence-electron chi connectivity index (χ4n) is 17.1. The van der Waals surface area contributed by atoms with Gasteiger partial charge in [0.25, 0.3) is 0 Å². The van der Waals surface area contributed by atoms with Crippen molar-refractivity contribution in [2.75, 3.05) is 103 Å². The highest BCUT2D eigenvalue weighted by Gasteiger charge is 2.36. The molecule has 114 heavy (non-hydrogen) atoms. The lowest BCUT2D eigenvalue weighted by Crippen LogP contribution is -2.53. The largest absolute Gasteiger partial charge is 0.457 e. The number of aromatic nitrogens is 12. The van der Waals surface area contributed by atoms with Crippen LogP contribution in [0.5, 0.6) is 34.5 Å². The van der Waals surface area contributed by atoms with Crippen molar-refractivity contribution in [3.05, 3.63) is 183 Å². The maximum atomic E-state index is 12.5. The van der Waals surface area contributed by atoms with Crippen molar-refractivity contribution in [2.24, 2.45) is 0 Å². The molecule has 0 unspecified atom stereocenters. The fourth-order valence-corrected chi connectivity index (χ4v) is 17.1. The normalized spacial score (nSPS) is 20.7. The van der Waals surface area contributed by atoms with Crippen LogP contribution in [0.2, 0.25) is 0 Å². The number of amides is 1. The van der Waals surface area contributed by atoms with Gasteiger partial charge in [0.05, 0.1) is 34.3 Å². The van der Waals surface area contributed by atoms with Gasteiger partial charge in [0.15, 0.2) is 16.9 Å². The van der Waals surface area contributed by atoms with Crippen molar-refractivity contribution in [1.29, 1.82) is 0 Å². The van der Waals surface area contributed by atoms with Crippen molar-refractivity contribution in [1.82, 2.24) is 89.1 Å². The number of hydrogen-bond acceptors (Lipinski definition) is 22.